The number of phenols is 1. The van der Waals surface area contributed by atoms with Gasteiger partial charge in [-0.3, -0.25) is 24.2 Å². The fourth-order valence-electron chi connectivity index (χ4n) is 6.10. The van der Waals surface area contributed by atoms with Gasteiger partial charge in [0.05, 0.1) is 11.6 Å². The molecule has 1 aliphatic heterocycles. The fourth-order valence-corrected chi connectivity index (χ4v) is 6.10. The molecule has 2 aliphatic carbocycles. The molecule has 212 valence electrons. The monoisotopic (exact) mass is 542 g/mol. The van der Waals surface area contributed by atoms with E-state index in [-0.39, 0.29) is 36.1 Å². The lowest BCUT2D eigenvalue weighted by Gasteiger charge is -2.34. The van der Waals surface area contributed by atoms with E-state index in [1.165, 1.54) is 0 Å². The Kier molecular flexibility index (Phi) is 8.06. The molecule has 2 unspecified atom stereocenters. The van der Waals surface area contributed by atoms with Crippen LogP contribution in [0.15, 0.2) is 23.0 Å². The molecule has 1 saturated heterocycles. The average Bonchev–Trinajstić information content (AvgIpc) is 3.37. The Morgan fingerprint density at radius 3 is 2.26 bits per heavy atom. The van der Waals surface area contributed by atoms with E-state index in [1.807, 2.05) is 25.1 Å². The molecule has 0 radical (unpaired) electrons. The van der Waals surface area contributed by atoms with Crippen LogP contribution in [0.4, 0.5) is 5.69 Å². The van der Waals surface area contributed by atoms with Gasteiger partial charge in [-0.2, -0.15) is 0 Å². The normalized spacial score (nSPS) is 26.6. The maximum atomic E-state index is 13.6. The predicted octanol–water partition coefficient (Wildman–Crippen LogP) is 1.02. The largest absolute Gasteiger partial charge is 0.510 e. The van der Waals surface area contributed by atoms with Crippen molar-refractivity contribution in [3.63, 3.8) is 0 Å². The van der Waals surface area contributed by atoms with Crippen molar-refractivity contribution in [3.8, 4) is 5.75 Å². The lowest BCUT2D eigenvalue weighted by atomic mass is 9.74. The van der Waals surface area contributed by atoms with Crippen LogP contribution in [0.5, 0.6) is 5.75 Å². The molecule has 4 rings (SSSR count). The van der Waals surface area contributed by atoms with Crippen molar-refractivity contribution in [3.05, 3.63) is 39.7 Å². The van der Waals surface area contributed by atoms with E-state index in [9.17, 15) is 34.8 Å². The number of benzene rings is 1. The second kappa shape index (κ2) is 11.0. The molecule has 1 aromatic carbocycles. The van der Waals surface area contributed by atoms with Crippen LogP contribution in [0.1, 0.15) is 42.4 Å². The van der Waals surface area contributed by atoms with E-state index in [1.54, 1.807) is 19.0 Å². The summed E-state index contributed by atoms with van der Waals surface area (Å²) >= 11 is 0. The van der Waals surface area contributed by atoms with Gasteiger partial charge in [0, 0.05) is 37.5 Å². The maximum Gasteiger partial charge on any atom is 0.255 e. The number of aliphatic hydroxyl groups excluding tert-OH is 3. The molecule has 6 N–H and O–H groups in total. The number of carbonyl (C=O) groups excluding carboxylic acids is 3. The van der Waals surface area contributed by atoms with E-state index < -0.39 is 52.6 Å². The summed E-state index contributed by atoms with van der Waals surface area (Å²) in [5.41, 5.74) is 6.52. The fraction of sp³-hybridized carbons (Fsp3) is 0.536. The van der Waals surface area contributed by atoms with E-state index in [0.717, 1.165) is 31.6 Å². The number of likely N-dealkylation sites (tertiary alicyclic amines) is 1. The molecule has 0 bridgehead atoms. The number of rotatable bonds is 5. The third kappa shape index (κ3) is 5.13. The first-order chi connectivity index (χ1) is 18.3. The van der Waals surface area contributed by atoms with Crippen LogP contribution in [0.2, 0.25) is 0 Å². The molecule has 0 aromatic heterocycles. The highest BCUT2D eigenvalue weighted by atomic mass is 16.3. The van der Waals surface area contributed by atoms with E-state index in [4.69, 9.17) is 5.73 Å². The highest BCUT2D eigenvalue weighted by molar-refractivity contribution is 6.29. The topological polar surface area (TPSA) is 168 Å². The standard InChI is InChI=1S/C28H38N4O7/c1-30(2)17-8-7-14-11-16-18(31(3)4)12-15(13-32-9-5-6-10-32)22(33)20(16)24(35)19(14)25(36)27(38)26(37)21(23(17)34)28(29)39/h12,14,17,27,33-35,38H,5-11,13H2,1-4H3,(H2,29,39)/b23-21-/t14?,17?,27-/m0/s1. The first-order valence-corrected chi connectivity index (χ1v) is 13.2. The molecule has 3 atom stereocenters. The highest BCUT2D eigenvalue weighted by Gasteiger charge is 2.43. The molecule has 1 heterocycles. The molecule has 0 spiro atoms. The SMILES string of the molecule is CN(C)c1cc(CN2CCCC2)c(O)c2c1CC1CCC(N(C)C)/C(O)=C(/C(N)=O)C(=O)[C@@H](O)C(=O)C1=C2O. The van der Waals surface area contributed by atoms with Gasteiger partial charge < -0.3 is 31.1 Å². The summed E-state index contributed by atoms with van der Waals surface area (Å²) in [6.07, 6.45) is 0.510. The number of amides is 1. The first-order valence-electron chi connectivity index (χ1n) is 13.2. The summed E-state index contributed by atoms with van der Waals surface area (Å²) in [7, 11) is 7.04. The number of Topliss-reactive ketones (excluding diaryl/α,β-unsaturated/α-hetero) is 2. The number of nitrogens with two attached hydrogens (primary N) is 1. The van der Waals surface area contributed by atoms with Crippen molar-refractivity contribution in [1.29, 1.82) is 0 Å². The smallest absolute Gasteiger partial charge is 0.255 e. The molecule has 11 nitrogen and oxygen atoms in total. The number of anilines is 1. The van der Waals surface area contributed by atoms with Crippen molar-refractivity contribution in [2.45, 2.75) is 50.8 Å². The molecule has 3 aliphatic rings. The van der Waals surface area contributed by atoms with Gasteiger partial charge in [-0.25, -0.2) is 0 Å². The van der Waals surface area contributed by atoms with Gasteiger partial charge in [-0.15, -0.1) is 0 Å². The Morgan fingerprint density at radius 1 is 1.05 bits per heavy atom. The van der Waals surface area contributed by atoms with Gasteiger partial charge in [0.25, 0.3) is 5.91 Å². The molecule has 1 fully saturated rings. The zero-order valence-corrected chi connectivity index (χ0v) is 22.9. The van der Waals surface area contributed by atoms with Gasteiger partial charge >= 0.3 is 0 Å². The minimum absolute atomic E-state index is 0.115. The molecule has 0 saturated carbocycles. The van der Waals surface area contributed by atoms with Crippen LogP contribution < -0.4 is 10.6 Å². The van der Waals surface area contributed by atoms with Crippen LogP contribution in [-0.4, -0.2) is 101 Å². The van der Waals surface area contributed by atoms with Crippen LogP contribution in [0.3, 0.4) is 0 Å². The Bertz CT molecular complexity index is 1260. The summed E-state index contributed by atoms with van der Waals surface area (Å²) in [5.74, 6) is -5.53. The first kappa shape index (κ1) is 28.6. The number of nitrogens with zero attached hydrogens (tertiary/aromatic N) is 3. The summed E-state index contributed by atoms with van der Waals surface area (Å²) in [6.45, 7) is 2.26. The minimum atomic E-state index is -2.36. The predicted molar refractivity (Wildman–Crippen MR) is 145 cm³/mol. The Morgan fingerprint density at radius 2 is 1.69 bits per heavy atom. The quantitative estimate of drug-likeness (QED) is 0.268. The van der Waals surface area contributed by atoms with Gasteiger partial charge in [-0.05, 0) is 76.8 Å². The zero-order valence-electron chi connectivity index (χ0n) is 22.9. The number of carbonyl (C=O) groups is 3. The van der Waals surface area contributed by atoms with Crippen LogP contribution in [0.25, 0.3) is 5.76 Å². The van der Waals surface area contributed by atoms with Crippen molar-refractivity contribution in [1.82, 2.24) is 9.80 Å². The van der Waals surface area contributed by atoms with Crippen molar-refractivity contribution in [2.75, 3.05) is 46.2 Å². The Hall–Kier alpha value is -3.41. The highest BCUT2D eigenvalue weighted by Crippen LogP contribution is 2.47. The third-order valence-corrected chi connectivity index (χ3v) is 8.13. The minimum Gasteiger partial charge on any atom is -0.510 e. The molecule has 39 heavy (non-hydrogen) atoms. The average molecular weight is 543 g/mol. The lowest BCUT2D eigenvalue weighted by Crippen LogP contribution is -2.43. The van der Waals surface area contributed by atoms with Crippen molar-refractivity contribution < 1.29 is 34.8 Å². The van der Waals surface area contributed by atoms with Crippen LogP contribution >= 0.6 is 0 Å². The van der Waals surface area contributed by atoms with Gasteiger partial charge in [0.1, 0.15) is 22.8 Å². The van der Waals surface area contributed by atoms with Gasteiger partial charge in [-0.1, -0.05) is 0 Å². The van der Waals surface area contributed by atoms with Crippen LogP contribution in [0, 0.1) is 5.92 Å². The maximum absolute atomic E-state index is 13.6. The molecule has 1 amide bonds. The number of likely N-dealkylation sites (N-methyl/N-ethyl adjacent to an activating group) is 1. The van der Waals surface area contributed by atoms with Crippen LogP contribution in [-0.2, 0) is 27.3 Å². The van der Waals surface area contributed by atoms with Crippen molar-refractivity contribution in [2.24, 2.45) is 11.7 Å². The number of fused-ring (bicyclic) bond motifs is 2. The number of hydrogen-bond acceptors (Lipinski definition) is 10. The molecular formula is C28H38N4O7. The number of phenolic OH excluding ortho intramolecular Hbond substituents is 1. The third-order valence-electron chi connectivity index (χ3n) is 8.13. The number of ketones is 2. The van der Waals surface area contributed by atoms with E-state index in [2.05, 4.69) is 4.90 Å². The van der Waals surface area contributed by atoms with E-state index >= 15 is 0 Å². The van der Waals surface area contributed by atoms with Crippen molar-refractivity contribution >= 4 is 28.9 Å². The van der Waals surface area contributed by atoms with Gasteiger partial charge in [0.15, 0.2) is 11.9 Å². The second-order valence-electron chi connectivity index (χ2n) is 11.1. The number of hydrogen-bond donors (Lipinski definition) is 5. The lowest BCUT2D eigenvalue weighted by molar-refractivity contribution is -0.135. The summed E-state index contributed by atoms with van der Waals surface area (Å²) in [5, 5.41) is 44.6. The molecular weight excluding hydrogens is 504 g/mol. The molecule has 11 heteroatoms. The summed E-state index contributed by atoms with van der Waals surface area (Å²) in [6, 6.07) is 1.10. The number of aliphatic hydroxyl groups is 3. The number of aromatic hydroxyl groups is 1. The Balaban J connectivity index is 1.90. The zero-order chi connectivity index (χ0) is 28.8. The molecule has 1 aromatic rings. The number of primary amides is 1. The summed E-state index contributed by atoms with van der Waals surface area (Å²) < 4.78 is 0. The summed E-state index contributed by atoms with van der Waals surface area (Å²) in [4.78, 5) is 44.5. The van der Waals surface area contributed by atoms with E-state index in [0.29, 0.717) is 17.7 Å². The Labute approximate surface area is 227 Å². The van der Waals surface area contributed by atoms with Gasteiger partial charge in [0.2, 0.25) is 5.78 Å². The second-order valence-corrected chi connectivity index (χ2v) is 11.1.